The molecular weight excluding hydrogens is 440 g/mol. The molecular formula is C20H17BrN4O2S. The molecule has 2 heterocycles. The number of halogens is 1. The summed E-state index contributed by atoms with van der Waals surface area (Å²) in [4.78, 5) is 27.2. The minimum absolute atomic E-state index is 0.120. The quantitative estimate of drug-likeness (QED) is 0.637. The molecule has 8 heteroatoms. The van der Waals surface area contributed by atoms with Gasteiger partial charge in [-0.25, -0.2) is 0 Å². The molecule has 1 atom stereocenters. The maximum Gasteiger partial charge on any atom is 0.254 e. The molecule has 142 valence electrons. The van der Waals surface area contributed by atoms with Crippen LogP contribution in [0.25, 0.3) is 10.6 Å². The van der Waals surface area contributed by atoms with Crippen LogP contribution in [0.3, 0.4) is 0 Å². The van der Waals surface area contributed by atoms with Crippen molar-refractivity contribution < 1.29 is 9.59 Å². The lowest BCUT2D eigenvalue weighted by molar-refractivity contribution is -0.119. The summed E-state index contributed by atoms with van der Waals surface area (Å²) >= 11 is 4.75. The van der Waals surface area contributed by atoms with Crippen molar-refractivity contribution in [1.29, 1.82) is 0 Å². The summed E-state index contributed by atoms with van der Waals surface area (Å²) in [7, 11) is 0. The van der Waals surface area contributed by atoms with E-state index in [1.165, 1.54) is 11.3 Å². The molecule has 6 nitrogen and oxygen atoms in total. The number of rotatable bonds is 4. The van der Waals surface area contributed by atoms with E-state index in [1.807, 2.05) is 42.5 Å². The van der Waals surface area contributed by atoms with Gasteiger partial charge < -0.3 is 4.90 Å². The van der Waals surface area contributed by atoms with Crippen molar-refractivity contribution in [3.8, 4) is 10.6 Å². The van der Waals surface area contributed by atoms with Crippen molar-refractivity contribution in [2.24, 2.45) is 0 Å². The summed E-state index contributed by atoms with van der Waals surface area (Å²) in [6, 6.07) is 16.3. The first-order chi connectivity index (χ1) is 13.6. The number of carbonyl (C=O) groups is 2. The minimum Gasteiger partial charge on any atom is -0.327 e. The minimum atomic E-state index is -0.495. The van der Waals surface area contributed by atoms with Gasteiger partial charge in [-0.3, -0.25) is 14.9 Å². The number of amides is 2. The molecule has 1 unspecified atom stereocenters. The normalized spacial score (nSPS) is 16.2. The smallest absolute Gasteiger partial charge is 0.254 e. The van der Waals surface area contributed by atoms with Crippen LogP contribution in [0.4, 0.5) is 5.13 Å². The topological polar surface area (TPSA) is 75.2 Å². The molecule has 1 aliphatic rings. The predicted octanol–water partition coefficient (Wildman–Crippen LogP) is 4.21. The van der Waals surface area contributed by atoms with Crippen molar-refractivity contribution >= 4 is 44.2 Å². The van der Waals surface area contributed by atoms with Crippen LogP contribution in [0.2, 0.25) is 0 Å². The third kappa shape index (κ3) is 3.98. The monoisotopic (exact) mass is 456 g/mol. The number of aromatic nitrogens is 2. The van der Waals surface area contributed by atoms with Crippen molar-refractivity contribution in [1.82, 2.24) is 15.1 Å². The lowest BCUT2D eigenvalue weighted by Crippen LogP contribution is -2.43. The lowest BCUT2D eigenvalue weighted by atomic mass is 10.1. The molecule has 28 heavy (non-hydrogen) atoms. The van der Waals surface area contributed by atoms with E-state index in [0.29, 0.717) is 23.7 Å². The summed E-state index contributed by atoms with van der Waals surface area (Å²) in [6.07, 6.45) is 1.44. The Balaban J connectivity index is 1.47. The highest BCUT2D eigenvalue weighted by Crippen LogP contribution is 2.29. The lowest BCUT2D eigenvalue weighted by Gasteiger charge is -2.23. The molecule has 1 fully saturated rings. The van der Waals surface area contributed by atoms with Crippen molar-refractivity contribution in [3.05, 3.63) is 64.6 Å². The fourth-order valence-electron chi connectivity index (χ4n) is 3.23. The average Bonchev–Trinajstić information content (AvgIpc) is 3.38. The molecule has 0 bridgehead atoms. The van der Waals surface area contributed by atoms with E-state index in [2.05, 4.69) is 31.4 Å². The number of hydrogen-bond donors (Lipinski definition) is 1. The molecule has 1 N–H and O–H groups in total. The molecule has 2 amide bonds. The second-order valence-corrected chi connectivity index (χ2v) is 8.33. The highest BCUT2D eigenvalue weighted by atomic mass is 79.9. The van der Waals surface area contributed by atoms with E-state index in [1.54, 1.807) is 17.0 Å². The van der Waals surface area contributed by atoms with Gasteiger partial charge in [-0.1, -0.05) is 57.6 Å². The molecule has 0 spiro atoms. The standard InChI is InChI=1S/C20H17BrN4O2S/c21-15-9-4-8-14(12-15)18-23-24-20(28-18)22-17(26)16-10-5-11-25(16)19(27)13-6-2-1-3-7-13/h1-4,6-9,12,16H,5,10-11H2,(H,22,24,26). The van der Waals surface area contributed by atoms with Gasteiger partial charge in [0.15, 0.2) is 0 Å². The third-order valence-corrected chi connectivity index (χ3v) is 5.94. The highest BCUT2D eigenvalue weighted by Gasteiger charge is 2.34. The number of carbonyl (C=O) groups excluding carboxylic acids is 2. The largest absolute Gasteiger partial charge is 0.327 e. The predicted molar refractivity (Wildman–Crippen MR) is 112 cm³/mol. The Morgan fingerprint density at radius 2 is 1.93 bits per heavy atom. The van der Waals surface area contributed by atoms with Gasteiger partial charge in [0.2, 0.25) is 11.0 Å². The van der Waals surface area contributed by atoms with Crippen molar-refractivity contribution in [2.45, 2.75) is 18.9 Å². The Morgan fingerprint density at radius 1 is 1.11 bits per heavy atom. The summed E-state index contributed by atoms with van der Waals surface area (Å²) in [5, 5.41) is 12.2. The van der Waals surface area contributed by atoms with Gasteiger partial charge in [0, 0.05) is 22.1 Å². The Bertz CT molecular complexity index is 1010. The molecule has 1 aromatic heterocycles. The van der Waals surface area contributed by atoms with E-state index in [9.17, 15) is 9.59 Å². The zero-order valence-electron chi connectivity index (χ0n) is 14.8. The van der Waals surface area contributed by atoms with E-state index < -0.39 is 6.04 Å². The number of nitrogens with one attached hydrogen (secondary N) is 1. The second kappa shape index (κ2) is 8.20. The maximum atomic E-state index is 12.8. The number of nitrogens with zero attached hydrogens (tertiary/aromatic N) is 3. The highest BCUT2D eigenvalue weighted by molar-refractivity contribution is 9.10. The first-order valence-electron chi connectivity index (χ1n) is 8.88. The molecule has 4 rings (SSSR count). The average molecular weight is 457 g/mol. The molecule has 0 saturated carbocycles. The molecule has 2 aromatic carbocycles. The van der Waals surface area contributed by atoms with E-state index in [4.69, 9.17) is 0 Å². The molecule has 1 aliphatic heterocycles. The van der Waals surface area contributed by atoms with Gasteiger partial charge in [-0.05, 0) is 37.1 Å². The molecule has 3 aromatic rings. The van der Waals surface area contributed by atoms with Crippen LogP contribution in [0.15, 0.2) is 59.1 Å². The Kier molecular flexibility index (Phi) is 5.50. The number of benzene rings is 2. The molecule has 0 aliphatic carbocycles. The summed E-state index contributed by atoms with van der Waals surface area (Å²) in [5.74, 6) is -0.343. The van der Waals surface area contributed by atoms with Crippen LogP contribution in [0.5, 0.6) is 0 Å². The van der Waals surface area contributed by atoms with Crippen LogP contribution in [-0.4, -0.2) is 39.5 Å². The maximum absolute atomic E-state index is 12.8. The third-order valence-electron chi connectivity index (χ3n) is 4.56. The Labute approximate surface area is 174 Å². The summed E-state index contributed by atoms with van der Waals surface area (Å²) in [5.41, 5.74) is 1.52. The van der Waals surface area contributed by atoms with E-state index in [0.717, 1.165) is 21.5 Å². The first kappa shape index (κ1) is 18.8. The second-order valence-electron chi connectivity index (χ2n) is 6.43. The SMILES string of the molecule is O=C(Nc1nnc(-c2cccc(Br)c2)s1)C1CCCN1C(=O)c1ccccc1. The fraction of sp³-hybridized carbons (Fsp3) is 0.200. The first-order valence-corrected chi connectivity index (χ1v) is 10.5. The van der Waals surface area contributed by atoms with Crippen LogP contribution < -0.4 is 5.32 Å². The molecule has 1 saturated heterocycles. The van der Waals surface area contributed by atoms with Gasteiger partial charge in [0.1, 0.15) is 11.0 Å². The molecule has 0 radical (unpaired) electrons. The van der Waals surface area contributed by atoms with E-state index >= 15 is 0 Å². The van der Waals surface area contributed by atoms with Crippen LogP contribution in [-0.2, 0) is 4.79 Å². The number of anilines is 1. The van der Waals surface area contributed by atoms with Crippen LogP contribution >= 0.6 is 27.3 Å². The van der Waals surface area contributed by atoms with E-state index in [-0.39, 0.29) is 11.8 Å². The van der Waals surface area contributed by atoms with Gasteiger partial charge in [-0.2, -0.15) is 0 Å². The van der Waals surface area contributed by atoms with Gasteiger partial charge in [0.25, 0.3) is 5.91 Å². The van der Waals surface area contributed by atoms with Crippen molar-refractivity contribution in [2.75, 3.05) is 11.9 Å². The fourth-order valence-corrected chi connectivity index (χ4v) is 4.37. The Hall–Kier alpha value is -2.58. The Morgan fingerprint density at radius 3 is 2.71 bits per heavy atom. The van der Waals surface area contributed by atoms with Crippen molar-refractivity contribution in [3.63, 3.8) is 0 Å². The zero-order chi connectivity index (χ0) is 19.5. The van der Waals surface area contributed by atoms with Crippen LogP contribution in [0.1, 0.15) is 23.2 Å². The summed E-state index contributed by atoms with van der Waals surface area (Å²) in [6.45, 7) is 0.575. The number of likely N-dealkylation sites (tertiary alicyclic amines) is 1. The zero-order valence-corrected chi connectivity index (χ0v) is 17.2. The van der Waals surface area contributed by atoms with Crippen LogP contribution in [0, 0.1) is 0 Å². The summed E-state index contributed by atoms with van der Waals surface area (Å²) < 4.78 is 0.951. The number of hydrogen-bond acceptors (Lipinski definition) is 5. The van der Waals surface area contributed by atoms with Gasteiger partial charge >= 0.3 is 0 Å². The van der Waals surface area contributed by atoms with Gasteiger partial charge in [0.05, 0.1) is 0 Å². The van der Waals surface area contributed by atoms with Gasteiger partial charge in [-0.15, -0.1) is 10.2 Å².